The van der Waals surface area contributed by atoms with Crippen LogP contribution in [-0.2, 0) is 0 Å². The standard InChI is InChI=1S/C11H14N4/c1-2-7-12-10-5-3-6-11(14-10)15-9-4-8-13-15/h3-6,8-9H,2,7H2,1H3,(H,12,14). The van der Waals surface area contributed by atoms with Crippen molar-refractivity contribution in [1.82, 2.24) is 14.8 Å². The fraction of sp³-hybridized carbons (Fsp3) is 0.273. The molecule has 4 nitrogen and oxygen atoms in total. The second-order valence-electron chi connectivity index (χ2n) is 3.26. The van der Waals surface area contributed by atoms with Crippen molar-refractivity contribution in [2.24, 2.45) is 0 Å². The molecule has 0 bridgehead atoms. The predicted molar refractivity (Wildman–Crippen MR) is 60.1 cm³/mol. The van der Waals surface area contributed by atoms with Gasteiger partial charge in [0, 0.05) is 18.9 Å². The number of anilines is 1. The van der Waals surface area contributed by atoms with E-state index in [-0.39, 0.29) is 0 Å². The Balaban J connectivity index is 2.19. The van der Waals surface area contributed by atoms with Gasteiger partial charge in [-0.3, -0.25) is 0 Å². The number of hydrogen-bond donors (Lipinski definition) is 1. The van der Waals surface area contributed by atoms with Crippen LogP contribution in [0.2, 0.25) is 0 Å². The van der Waals surface area contributed by atoms with Gasteiger partial charge in [-0.2, -0.15) is 5.10 Å². The van der Waals surface area contributed by atoms with Crippen LogP contribution in [0.15, 0.2) is 36.7 Å². The predicted octanol–water partition coefficient (Wildman–Crippen LogP) is 2.09. The Labute approximate surface area is 89.0 Å². The zero-order valence-corrected chi connectivity index (χ0v) is 8.72. The topological polar surface area (TPSA) is 42.7 Å². The monoisotopic (exact) mass is 202 g/mol. The molecule has 0 unspecified atom stereocenters. The Bertz CT molecular complexity index is 408. The van der Waals surface area contributed by atoms with E-state index in [4.69, 9.17) is 0 Å². The summed E-state index contributed by atoms with van der Waals surface area (Å²) >= 11 is 0. The van der Waals surface area contributed by atoms with E-state index < -0.39 is 0 Å². The van der Waals surface area contributed by atoms with Gasteiger partial charge in [-0.25, -0.2) is 9.67 Å². The minimum atomic E-state index is 0.834. The minimum absolute atomic E-state index is 0.834. The van der Waals surface area contributed by atoms with Crippen molar-refractivity contribution in [3.8, 4) is 5.82 Å². The zero-order valence-electron chi connectivity index (χ0n) is 8.72. The van der Waals surface area contributed by atoms with Gasteiger partial charge in [-0.1, -0.05) is 13.0 Å². The van der Waals surface area contributed by atoms with E-state index in [2.05, 4.69) is 22.3 Å². The maximum absolute atomic E-state index is 4.44. The zero-order chi connectivity index (χ0) is 10.5. The van der Waals surface area contributed by atoms with Crippen molar-refractivity contribution < 1.29 is 0 Å². The van der Waals surface area contributed by atoms with Crippen molar-refractivity contribution in [3.63, 3.8) is 0 Å². The third kappa shape index (κ3) is 2.34. The summed E-state index contributed by atoms with van der Waals surface area (Å²) in [6.07, 6.45) is 4.72. The average Bonchev–Trinajstić information content (AvgIpc) is 2.80. The Morgan fingerprint density at radius 1 is 1.33 bits per heavy atom. The summed E-state index contributed by atoms with van der Waals surface area (Å²) in [5.41, 5.74) is 0. The van der Waals surface area contributed by atoms with Gasteiger partial charge < -0.3 is 5.32 Å². The molecule has 15 heavy (non-hydrogen) atoms. The summed E-state index contributed by atoms with van der Waals surface area (Å²) in [7, 11) is 0. The fourth-order valence-electron chi connectivity index (χ4n) is 1.31. The van der Waals surface area contributed by atoms with Gasteiger partial charge >= 0.3 is 0 Å². The maximum atomic E-state index is 4.44. The highest BCUT2D eigenvalue weighted by molar-refractivity contribution is 5.39. The number of aromatic nitrogens is 3. The van der Waals surface area contributed by atoms with Crippen molar-refractivity contribution >= 4 is 5.82 Å². The minimum Gasteiger partial charge on any atom is -0.370 e. The molecule has 0 saturated heterocycles. The lowest BCUT2D eigenvalue weighted by Crippen LogP contribution is -2.04. The van der Waals surface area contributed by atoms with Gasteiger partial charge in [0.1, 0.15) is 5.82 Å². The highest BCUT2D eigenvalue weighted by Crippen LogP contribution is 2.07. The number of hydrogen-bond acceptors (Lipinski definition) is 3. The van der Waals surface area contributed by atoms with Crippen LogP contribution in [-0.4, -0.2) is 21.3 Å². The lowest BCUT2D eigenvalue weighted by atomic mass is 10.4. The van der Waals surface area contributed by atoms with Crippen LogP contribution >= 0.6 is 0 Å². The molecule has 0 aliphatic heterocycles. The van der Waals surface area contributed by atoms with E-state index in [1.54, 1.807) is 10.9 Å². The van der Waals surface area contributed by atoms with Gasteiger partial charge in [-0.15, -0.1) is 0 Å². The summed E-state index contributed by atoms with van der Waals surface area (Å²) in [6, 6.07) is 7.75. The van der Waals surface area contributed by atoms with Crippen LogP contribution < -0.4 is 5.32 Å². The van der Waals surface area contributed by atoms with Crippen LogP contribution in [0.3, 0.4) is 0 Å². The summed E-state index contributed by atoms with van der Waals surface area (Å²) in [5, 5.41) is 7.38. The van der Waals surface area contributed by atoms with Gasteiger partial charge in [0.2, 0.25) is 0 Å². The Kier molecular flexibility index (Phi) is 2.97. The van der Waals surface area contributed by atoms with Gasteiger partial charge in [0.05, 0.1) is 0 Å². The molecule has 2 aromatic rings. The molecule has 2 rings (SSSR count). The molecule has 0 atom stereocenters. The lowest BCUT2D eigenvalue weighted by Gasteiger charge is -2.05. The second kappa shape index (κ2) is 4.59. The molecule has 2 heterocycles. The van der Waals surface area contributed by atoms with Crippen molar-refractivity contribution in [2.45, 2.75) is 13.3 Å². The van der Waals surface area contributed by atoms with Crippen LogP contribution in [0.4, 0.5) is 5.82 Å². The average molecular weight is 202 g/mol. The highest BCUT2D eigenvalue weighted by atomic mass is 15.3. The smallest absolute Gasteiger partial charge is 0.155 e. The van der Waals surface area contributed by atoms with Crippen molar-refractivity contribution in [3.05, 3.63) is 36.7 Å². The second-order valence-corrected chi connectivity index (χ2v) is 3.26. The van der Waals surface area contributed by atoms with Crippen LogP contribution in [0.1, 0.15) is 13.3 Å². The molecular weight excluding hydrogens is 188 g/mol. The van der Waals surface area contributed by atoms with Crippen molar-refractivity contribution in [1.29, 1.82) is 0 Å². The first-order valence-corrected chi connectivity index (χ1v) is 5.11. The van der Waals surface area contributed by atoms with E-state index in [9.17, 15) is 0 Å². The summed E-state index contributed by atoms with van der Waals surface area (Å²) in [5.74, 6) is 1.73. The molecule has 0 spiro atoms. The number of nitrogens with one attached hydrogen (secondary N) is 1. The van der Waals surface area contributed by atoms with Crippen LogP contribution in [0.25, 0.3) is 5.82 Å². The molecule has 0 fully saturated rings. The highest BCUT2D eigenvalue weighted by Gasteiger charge is 1.98. The third-order valence-electron chi connectivity index (χ3n) is 2.03. The first kappa shape index (κ1) is 9.71. The Hall–Kier alpha value is -1.84. The summed E-state index contributed by atoms with van der Waals surface area (Å²) < 4.78 is 1.75. The quantitative estimate of drug-likeness (QED) is 0.825. The van der Waals surface area contributed by atoms with Gasteiger partial charge in [0.25, 0.3) is 0 Å². The SMILES string of the molecule is CCCNc1cccc(-n2cccn2)n1. The fourth-order valence-corrected chi connectivity index (χ4v) is 1.31. The van der Waals surface area contributed by atoms with Gasteiger partial charge in [-0.05, 0) is 24.6 Å². The van der Waals surface area contributed by atoms with E-state index in [0.29, 0.717) is 0 Å². The van der Waals surface area contributed by atoms with E-state index >= 15 is 0 Å². The Morgan fingerprint density at radius 3 is 3.00 bits per heavy atom. The Morgan fingerprint density at radius 2 is 2.27 bits per heavy atom. The molecule has 1 N–H and O–H groups in total. The van der Waals surface area contributed by atoms with Gasteiger partial charge in [0.15, 0.2) is 5.82 Å². The van der Waals surface area contributed by atoms with Crippen LogP contribution in [0.5, 0.6) is 0 Å². The molecule has 78 valence electrons. The van der Waals surface area contributed by atoms with E-state index in [1.807, 2.05) is 30.5 Å². The first-order valence-electron chi connectivity index (χ1n) is 5.11. The molecule has 2 aromatic heterocycles. The molecule has 0 aliphatic rings. The summed E-state index contributed by atoms with van der Waals surface area (Å²) in [4.78, 5) is 4.44. The number of rotatable bonds is 4. The van der Waals surface area contributed by atoms with Crippen molar-refractivity contribution in [2.75, 3.05) is 11.9 Å². The normalized spacial score (nSPS) is 10.2. The maximum Gasteiger partial charge on any atom is 0.155 e. The van der Waals surface area contributed by atoms with Crippen LogP contribution in [0, 0.1) is 0 Å². The first-order chi connectivity index (χ1) is 7.40. The lowest BCUT2D eigenvalue weighted by molar-refractivity contribution is 0.845. The summed E-state index contributed by atoms with van der Waals surface area (Å²) in [6.45, 7) is 3.07. The molecule has 0 aromatic carbocycles. The third-order valence-corrected chi connectivity index (χ3v) is 2.03. The number of pyridine rings is 1. The molecule has 0 radical (unpaired) electrons. The molecule has 0 aliphatic carbocycles. The van der Waals surface area contributed by atoms with E-state index in [1.165, 1.54) is 0 Å². The van der Waals surface area contributed by atoms with E-state index in [0.717, 1.165) is 24.6 Å². The molecular formula is C11H14N4. The molecule has 0 saturated carbocycles. The molecule has 4 heteroatoms. The largest absolute Gasteiger partial charge is 0.370 e. The number of nitrogens with zero attached hydrogens (tertiary/aromatic N) is 3. The molecule has 0 amide bonds.